The lowest BCUT2D eigenvalue weighted by molar-refractivity contribution is -0.154. The van der Waals surface area contributed by atoms with E-state index in [0.29, 0.717) is 6.42 Å². The summed E-state index contributed by atoms with van der Waals surface area (Å²) in [7, 11) is 0. The molecule has 1 aromatic heterocycles. The molecule has 0 aromatic carbocycles. The zero-order valence-electron chi connectivity index (χ0n) is 11.7. The van der Waals surface area contributed by atoms with Crippen molar-refractivity contribution in [3.8, 4) is 0 Å². The van der Waals surface area contributed by atoms with E-state index in [1.165, 1.54) is 17.2 Å². The first-order valence-electron chi connectivity index (χ1n) is 6.71. The minimum absolute atomic E-state index is 0.0468. The SMILES string of the molecule is CC1(C)CC2/C(=C(/F)c3ccccn3)C(=O)N2[C@H]1C(=O)O. The molecule has 0 aliphatic carbocycles. The molecule has 6 heteroatoms. The Bertz CT molecular complexity index is 654. The van der Waals surface area contributed by atoms with E-state index in [1.54, 1.807) is 26.0 Å². The van der Waals surface area contributed by atoms with Crippen LogP contribution in [-0.4, -0.2) is 39.0 Å². The summed E-state index contributed by atoms with van der Waals surface area (Å²) in [6, 6.07) is 3.41. The number of carbonyl (C=O) groups excluding carboxylic acids is 1. The summed E-state index contributed by atoms with van der Waals surface area (Å²) in [5.41, 5.74) is -0.430. The molecule has 110 valence electrons. The number of aromatic nitrogens is 1. The molecule has 0 bridgehead atoms. The number of pyridine rings is 1. The van der Waals surface area contributed by atoms with Crippen molar-refractivity contribution in [1.29, 1.82) is 0 Å². The Morgan fingerprint density at radius 2 is 2.19 bits per heavy atom. The number of β-lactam (4-membered cyclic amide) rings is 1. The van der Waals surface area contributed by atoms with Crippen molar-refractivity contribution in [2.75, 3.05) is 0 Å². The van der Waals surface area contributed by atoms with Crippen LogP contribution in [0.2, 0.25) is 0 Å². The highest BCUT2D eigenvalue weighted by Crippen LogP contribution is 2.50. The number of carboxylic acids is 1. The van der Waals surface area contributed by atoms with Gasteiger partial charge in [-0.2, -0.15) is 0 Å². The van der Waals surface area contributed by atoms with Gasteiger partial charge in [-0.25, -0.2) is 9.18 Å². The predicted octanol–water partition coefficient (Wildman–Crippen LogP) is 1.86. The van der Waals surface area contributed by atoms with Crippen LogP contribution in [0.1, 0.15) is 26.0 Å². The van der Waals surface area contributed by atoms with E-state index < -0.39 is 35.2 Å². The number of nitrogens with zero attached hydrogens (tertiary/aromatic N) is 2. The second-order valence-corrected chi connectivity index (χ2v) is 6.10. The molecule has 1 aromatic rings. The fraction of sp³-hybridized carbons (Fsp3) is 0.400. The molecule has 2 aliphatic rings. The normalized spacial score (nSPS) is 28.9. The van der Waals surface area contributed by atoms with E-state index in [2.05, 4.69) is 4.98 Å². The number of amides is 1. The lowest BCUT2D eigenvalue weighted by atomic mass is 9.83. The van der Waals surface area contributed by atoms with E-state index >= 15 is 0 Å². The molecule has 2 saturated heterocycles. The minimum atomic E-state index is -1.05. The van der Waals surface area contributed by atoms with Gasteiger partial charge in [-0.1, -0.05) is 19.9 Å². The molecule has 2 fully saturated rings. The molecule has 3 heterocycles. The summed E-state index contributed by atoms with van der Waals surface area (Å²) in [5, 5.41) is 9.31. The van der Waals surface area contributed by atoms with Crippen LogP contribution in [0.3, 0.4) is 0 Å². The zero-order valence-corrected chi connectivity index (χ0v) is 11.7. The maximum atomic E-state index is 14.5. The third kappa shape index (κ3) is 1.86. The van der Waals surface area contributed by atoms with Gasteiger partial charge < -0.3 is 10.0 Å². The van der Waals surface area contributed by atoms with E-state index in [-0.39, 0.29) is 11.3 Å². The van der Waals surface area contributed by atoms with Crippen LogP contribution in [-0.2, 0) is 9.59 Å². The number of fused-ring (bicyclic) bond motifs is 1. The molecule has 5 nitrogen and oxygen atoms in total. The molecule has 21 heavy (non-hydrogen) atoms. The van der Waals surface area contributed by atoms with Crippen LogP contribution in [0.5, 0.6) is 0 Å². The zero-order chi connectivity index (χ0) is 15.4. The largest absolute Gasteiger partial charge is 0.480 e. The van der Waals surface area contributed by atoms with Gasteiger partial charge in [-0.3, -0.25) is 9.78 Å². The van der Waals surface area contributed by atoms with E-state index in [1.807, 2.05) is 0 Å². The summed E-state index contributed by atoms with van der Waals surface area (Å²) in [5.74, 6) is -2.24. The van der Waals surface area contributed by atoms with E-state index in [0.717, 1.165) is 0 Å². The Labute approximate surface area is 121 Å². The van der Waals surface area contributed by atoms with Crippen LogP contribution < -0.4 is 0 Å². The standard InChI is InChI=1S/C15H15FN2O3/c1-15(2)7-9-10(11(16)8-5-3-4-6-17-8)13(19)18(9)12(15)14(20)21/h3-6,9,12H,7H2,1-2H3,(H,20,21)/b11-10-/t9?,12-/m0/s1. The Hall–Kier alpha value is -2.24. The molecule has 1 N–H and O–H groups in total. The number of hydrogen-bond donors (Lipinski definition) is 1. The van der Waals surface area contributed by atoms with Crippen molar-refractivity contribution in [3.63, 3.8) is 0 Å². The third-order valence-electron chi connectivity index (χ3n) is 4.23. The summed E-state index contributed by atoms with van der Waals surface area (Å²) in [6.07, 6.45) is 1.89. The molecule has 1 amide bonds. The Morgan fingerprint density at radius 1 is 1.48 bits per heavy atom. The van der Waals surface area contributed by atoms with Crippen LogP contribution in [0, 0.1) is 5.41 Å². The topological polar surface area (TPSA) is 70.5 Å². The van der Waals surface area contributed by atoms with Gasteiger partial charge in [-0.15, -0.1) is 0 Å². The second kappa shape index (κ2) is 4.38. The van der Waals surface area contributed by atoms with Gasteiger partial charge in [0.25, 0.3) is 5.91 Å². The summed E-state index contributed by atoms with van der Waals surface area (Å²) in [6.45, 7) is 3.57. The second-order valence-electron chi connectivity index (χ2n) is 6.10. The Balaban J connectivity index is 2.01. The molecule has 2 atom stereocenters. The number of rotatable bonds is 2. The number of carbonyl (C=O) groups is 2. The Morgan fingerprint density at radius 3 is 2.76 bits per heavy atom. The van der Waals surface area contributed by atoms with E-state index in [9.17, 15) is 19.1 Å². The van der Waals surface area contributed by atoms with Gasteiger partial charge in [0.1, 0.15) is 6.04 Å². The average Bonchev–Trinajstić information content (AvgIpc) is 2.68. The van der Waals surface area contributed by atoms with Crippen molar-refractivity contribution >= 4 is 17.7 Å². The van der Waals surface area contributed by atoms with Crippen LogP contribution in [0.25, 0.3) is 5.83 Å². The number of aliphatic carboxylic acids is 1. The van der Waals surface area contributed by atoms with Crippen LogP contribution in [0.15, 0.2) is 30.0 Å². The molecule has 3 rings (SSSR count). The van der Waals surface area contributed by atoms with Crippen molar-refractivity contribution in [2.24, 2.45) is 5.41 Å². The number of halogens is 1. The number of hydrogen-bond acceptors (Lipinski definition) is 3. The molecule has 1 unspecified atom stereocenters. The monoisotopic (exact) mass is 290 g/mol. The number of carboxylic acid groups (broad SMARTS) is 1. The first-order valence-corrected chi connectivity index (χ1v) is 6.71. The van der Waals surface area contributed by atoms with Crippen molar-refractivity contribution in [3.05, 3.63) is 35.7 Å². The minimum Gasteiger partial charge on any atom is -0.480 e. The lowest BCUT2D eigenvalue weighted by Gasteiger charge is -2.40. The molecule has 0 saturated carbocycles. The summed E-state index contributed by atoms with van der Waals surface area (Å²) in [4.78, 5) is 28.8. The fourth-order valence-corrected chi connectivity index (χ4v) is 3.30. The van der Waals surface area contributed by atoms with Crippen molar-refractivity contribution in [1.82, 2.24) is 9.88 Å². The highest BCUT2D eigenvalue weighted by molar-refractivity contribution is 6.09. The maximum Gasteiger partial charge on any atom is 0.327 e. The molecule has 2 aliphatic heterocycles. The smallest absolute Gasteiger partial charge is 0.327 e. The van der Waals surface area contributed by atoms with Crippen LogP contribution in [0.4, 0.5) is 4.39 Å². The van der Waals surface area contributed by atoms with E-state index in [4.69, 9.17) is 0 Å². The predicted molar refractivity (Wildman–Crippen MR) is 72.7 cm³/mol. The highest BCUT2D eigenvalue weighted by Gasteiger charge is 2.61. The molecule has 0 spiro atoms. The van der Waals surface area contributed by atoms with Gasteiger partial charge in [0.2, 0.25) is 0 Å². The fourth-order valence-electron chi connectivity index (χ4n) is 3.30. The van der Waals surface area contributed by atoms with Crippen molar-refractivity contribution < 1.29 is 19.1 Å². The quantitative estimate of drug-likeness (QED) is 0.666. The molecule has 0 radical (unpaired) electrons. The third-order valence-corrected chi connectivity index (χ3v) is 4.23. The average molecular weight is 290 g/mol. The Kier molecular flexibility index (Phi) is 2.86. The lowest BCUT2D eigenvalue weighted by Crippen LogP contribution is -2.58. The van der Waals surface area contributed by atoms with Gasteiger partial charge >= 0.3 is 5.97 Å². The maximum absolute atomic E-state index is 14.5. The van der Waals surface area contributed by atoms with Gasteiger partial charge in [-0.05, 0) is 24.0 Å². The molecular weight excluding hydrogens is 275 g/mol. The highest BCUT2D eigenvalue weighted by atomic mass is 19.1. The van der Waals surface area contributed by atoms with Gasteiger partial charge in [0.05, 0.1) is 17.3 Å². The first-order chi connectivity index (χ1) is 9.84. The summed E-state index contributed by atoms with van der Waals surface area (Å²) >= 11 is 0. The first kappa shape index (κ1) is 13.7. The van der Waals surface area contributed by atoms with Gasteiger partial charge in [0.15, 0.2) is 5.83 Å². The van der Waals surface area contributed by atoms with Crippen LogP contribution >= 0.6 is 0 Å². The summed E-state index contributed by atoms with van der Waals surface area (Å²) < 4.78 is 14.5. The van der Waals surface area contributed by atoms with Gasteiger partial charge in [0, 0.05) is 6.20 Å². The van der Waals surface area contributed by atoms with Crippen molar-refractivity contribution in [2.45, 2.75) is 32.4 Å². The molecular formula is C15H15FN2O3.